The van der Waals surface area contributed by atoms with Crippen molar-refractivity contribution >= 4 is 21.6 Å². The summed E-state index contributed by atoms with van der Waals surface area (Å²) in [6.07, 6.45) is 4.50. The zero-order chi connectivity index (χ0) is 14.8. The van der Waals surface area contributed by atoms with Crippen molar-refractivity contribution in [3.63, 3.8) is 0 Å². The van der Waals surface area contributed by atoms with Crippen LogP contribution in [0.1, 0.15) is 25.7 Å². The van der Waals surface area contributed by atoms with E-state index in [0.29, 0.717) is 6.54 Å². The maximum Gasteiger partial charge on any atom is 0.244 e. The first kappa shape index (κ1) is 15.7. The molecule has 1 aromatic rings. The Hall–Kier alpha value is -0.690. The second-order valence-corrected chi connectivity index (χ2v) is 7.65. The van der Waals surface area contributed by atoms with Crippen LogP contribution in [0, 0.1) is 5.92 Å². The number of pyridine rings is 1. The van der Waals surface area contributed by atoms with E-state index in [0.717, 1.165) is 25.7 Å². The summed E-state index contributed by atoms with van der Waals surface area (Å²) in [7, 11) is -2.04. The summed E-state index contributed by atoms with van der Waals surface area (Å²) in [6.45, 7) is 0.326. The van der Waals surface area contributed by atoms with Crippen LogP contribution < -0.4 is 0 Å². The molecule has 1 fully saturated rings. The third-order valence-electron chi connectivity index (χ3n) is 3.77. The maximum atomic E-state index is 12.4. The molecule has 0 amide bonds. The van der Waals surface area contributed by atoms with Gasteiger partial charge in [0, 0.05) is 19.8 Å². The van der Waals surface area contributed by atoms with Gasteiger partial charge < -0.3 is 5.11 Å². The number of halogens is 1. The molecule has 112 valence electrons. The standard InChI is InChI=1S/C13H19ClN2O3S/c1-16(9-10-4-2-3-5-12(10)17)20(18,19)11-6-7-13(14)15-8-11/h6-8,10,12,17H,2-5,9H2,1H3. The summed E-state index contributed by atoms with van der Waals surface area (Å²) in [5, 5.41) is 10.2. The van der Waals surface area contributed by atoms with E-state index in [2.05, 4.69) is 4.98 Å². The highest BCUT2D eigenvalue weighted by Crippen LogP contribution is 2.26. The van der Waals surface area contributed by atoms with Gasteiger partial charge in [-0.25, -0.2) is 17.7 Å². The van der Waals surface area contributed by atoms with Crippen LogP contribution in [-0.4, -0.2) is 42.5 Å². The van der Waals surface area contributed by atoms with Crippen LogP contribution in [0.2, 0.25) is 5.15 Å². The second-order valence-electron chi connectivity index (χ2n) is 5.21. The molecule has 1 saturated carbocycles. The molecule has 2 unspecified atom stereocenters. The summed E-state index contributed by atoms with van der Waals surface area (Å²) in [4.78, 5) is 3.92. The number of hydrogen-bond donors (Lipinski definition) is 1. The molecule has 0 aromatic carbocycles. The Kier molecular flexibility index (Phi) is 5.01. The number of aliphatic hydroxyl groups is 1. The molecule has 7 heteroatoms. The van der Waals surface area contributed by atoms with Crippen molar-refractivity contribution in [1.29, 1.82) is 0 Å². The lowest BCUT2D eigenvalue weighted by Crippen LogP contribution is -2.38. The molecule has 20 heavy (non-hydrogen) atoms. The molecule has 2 atom stereocenters. The van der Waals surface area contributed by atoms with Crippen molar-refractivity contribution in [2.75, 3.05) is 13.6 Å². The number of aliphatic hydroxyl groups excluding tert-OH is 1. The largest absolute Gasteiger partial charge is 0.393 e. The number of aromatic nitrogens is 1. The minimum absolute atomic E-state index is 0.00350. The number of nitrogens with zero attached hydrogens (tertiary/aromatic N) is 2. The lowest BCUT2D eigenvalue weighted by Gasteiger charge is -2.30. The first-order valence-electron chi connectivity index (χ1n) is 6.67. The van der Waals surface area contributed by atoms with Gasteiger partial charge in [-0.2, -0.15) is 0 Å². The van der Waals surface area contributed by atoms with E-state index >= 15 is 0 Å². The fraction of sp³-hybridized carbons (Fsp3) is 0.615. The van der Waals surface area contributed by atoms with E-state index in [4.69, 9.17) is 11.6 Å². The highest BCUT2D eigenvalue weighted by atomic mass is 35.5. The third-order valence-corrected chi connectivity index (χ3v) is 5.80. The van der Waals surface area contributed by atoms with Crippen LogP contribution in [0.15, 0.2) is 23.2 Å². The van der Waals surface area contributed by atoms with E-state index in [9.17, 15) is 13.5 Å². The van der Waals surface area contributed by atoms with Crippen LogP contribution in [0.5, 0.6) is 0 Å². The Labute approximate surface area is 124 Å². The number of hydrogen-bond acceptors (Lipinski definition) is 4. The predicted octanol–water partition coefficient (Wildman–Crippen LogP) is 1.91. The minimum Gasteiger partial charge on any atom is -0.393 e. The Morgan fingerprint density at radius 2 is 2.10 bits per heavy atom. The van der Waals surface area contributed by atoms with Gasteiger partial charge in [0.05, 0.1) is 6.10 Å². The van der Waals surface area contributed by atoms with Gasteiger partial charge in [-0.3, -0.25) is 0 Å². The van der Waals surface area contributed by atoms with Crippen molar-refractivity contribution in [2.45, 2.75) is 36.7 Å². The highest BCUT2D eigenvalue weighted by Gasteiger charge is 2.29. The molecule has 0 saturated heterocycles. The fourth-order valence-electron chi connectivity index (χ4n) is 2.52. The molecule has 0 radical (unpaired) electrons. The molecule has 1 aliphatic rings. The van der Waals surface area contributed by atoms with Crippen molar-refractivity contribution < 1.29 is 13.5 Å². The zero-order valence-corrected chi connectivity index (χ0v) is 12.9. The van der Waals surface area contributed by atoms with Gasteiger partial charge in [0.15, 0.2) is 0 Å². The summed E-state index contributed by atoms with van der Waals surface area (Å²) in [5.74, 6) is 0.00350. The van der Waals surface area contributed by atoms with Gasteiger partial charge in [0.1, 0.15) is 10.0 Å². The lowest BCUT2D eigenvalue weighted by atomic mass is 9.86. The molecule has 1 aromatic heterocycles. The zero-order valence-electron chi connectivity index (χ0n) is 11.4. The summed E-state index contributed by atoms with van der Waals surface area (Å²) >= 11 is 5.66. The van der Waals surface area contributed by atoms with Crippen LogP contribution in [-0.2, 0) is 10.0 Å². The van der Waals surface area contributed by atoms with Gasteiger partial charge in [-0.15, -0.1) is 0 Å². The smallest absolute Gasteiger partial charge is 0.244 e. The minimum atomic E-state index is -3.58. The van der Waals surface area contributed by atoms with Gasteiger partial charge in [-0.1, -0.05) is 24.4 Å². The molecule has 1 heterocycles. The first-order valence-corrected chi connectivity index (χ1v) is 8.49. The van der Waals surface area contributed by atoms with Crippen LogP contribution in [0.3, 0.4) is 0 Å². The van der Waals surface area contributed by atoms with E-state index < -0.39 is 16.1 Å². The SMILES string of the molecule is CN(CC1CCCCC1O)S(=O)(=O)c1ccc(Cl)nc1. The quantitative estimate of drug-likeness (QED) is 0.861. The molecule has 0 aliphatic heterocycles. The van der Waals surface area contributed by atoms with E-state index in [-0.39, 0.29) is 16.0 Å². The van der Waals surface area contributed by atoms with Crippen LogP contribution in [0.25, 0.3) is 0 Å². The van der Waals surface area contributed by atoms with Gasteiger partial charge >= 0.3 is 0 Å². The molecule has 1 aliphatic carbocycles. The van der Waals surface area contributed by atoms with Gasteiger partial charge in [0.25, 0.3) is 0 Å². The first-order chi connectivity index (χ1) is 9.41. The lowest BCUT2D eigenvalue weighted by molar-refractivity contribution is 0.0620. The maximum absolute atomic E-state index is 12.4. The Balaban J connectivity index is 2.10. The molecular weight excluding hydrogens is 300 g/mol. The average molecular weight is 319 g/mol. The fourth-order valence-corrected chi connectivity index (χ4v) is 3.81. The van der Waals surface area contributed by atoms with Gasteiger partial charge in [0.2, 0.25) is 10.0 Å². The summed E-state index contributed by atoms with van der Waals surface area (Å²) < 4.78 is 26.1. The van der Waals surface area contributed by atoms with E-state index in [1.807, 2.05) is 0 Å². The van der Waals surface area contributed by atoms with Crippen molar-refractivity contribution in [2.24, 2.45) is 5.92 Å². The summed E-state index contributed by atoms with van der Waals surface area (Å²) in [5.41, 5.74) is 0. The van der Waals surface area contributed by atoms with E-state index in [1.54, 1.807) is 0 Å². The van der Waals surface area contributed by atoms with Gasteiger partial charge in [-0.05, 0) is 30.9 Å². The predicted molar refractivity (Wildman–Crippen MR) is 77.0 cm³/mol. The highest BCUT2D eigenvalue weighted by molar-refractivity contribution is 7.89. The third kappa shape index (κ3) is 3.49. The summed E-state index contributed by atoms with van der Waals surface area (Å²) in [6, 6.07) is 2.90. The molecule has 5 nitrogen and oxygen atoms in total. The normalized spacial score (nSPS) is 24.0. The topological polar surface area (TPSA) is 70.5 Å². The Bertz CT molecular complexity index is 547. The van der Waals surface area contributed by atoms with Crippen molar-refractivity contribution in [3.8, 4) is 0 Å². The number of rotatable bonds is 4. The van der Waals surface area contributed by atoms with E-state index in [1.165, 1.54) is 29.7 Å². The van der Waals surface area contributed by atoms with Crippen LogP contribution in [0.4, 0.5) is 0 Å². The second kappa shape index (κ2) is 6.39. The monoisotopic (exact) mass is 318 g/mol. The molecule has 0 spiro atoms. The number of sulfonamides is 1. The average Bonchev–Trinajstić information content (AvgIpc) is 2.41. The van der Waals surface area contributed by atoms with Crippen molar-refractivity contribution in [3.05, 3.63) is 23.5 Å². The molecular formula is C13H19ClN2O3S. The van der Waals surface area contributed by atoms with Crippen molar-refractivity contribution in [1.82, 2.24) is 9.29 Å². The molecule has 0 bridgehead atoms. The van der Waals surface area contributed by atoms with Crippen LogP contribution >= 0.6 is 11.6 Å². The molecule has 1 N–H and O–H groups in total. The Morgan fingerprint density at radius 3 is 2.70 bits per heavy atom. The molecule has 2 rings (SSSR count). The Morgan fingerprint density at radius 1 is 1.40 bits per heavy atom.